The number of anilines is 1. The van der Waals surface area contributed by atoms with E-state index >= 15 is 0 Å². The molecule has 3 rings (SSSR count). The van der Waals surface area contributed by atoms with E-state index in [1.165, 1.54) is 24.8 Å². The van der Waals surface area contributed by atoms with E-state index in [1.54, 1.807) is 6.92 Å². The normalized spacial score (nSPS) is 18.2. The first-order valence-corrected chi connectivity index (χ1v) is 8.56. The van der Waals surface area contributed by atoms with Gasteiger partial charge in [0.2, 0.25) is 5.91 Å². The molecule has 2 aliphatic rings. The van der Waals surface area contributed by atoms with Crippen LogP contribution in [0.25, 0.3) is 0 Å². The van der Waals surface area contributed by atoms with Crippen LogP contribution >= 0.6 is 0 Å². The number of hydrogen-bond donors (Lipinski definition) is 2. The Morgan fingerprint density at radius 2 is 1.91 bits per heavy atom. The zero-order chi connectivity index (χ0) is 16.2. The molecule has 0 unspecified atom stereocenters. The van der Waals surface area contributed by atoms with Gasteiger partial charge in [-0.15, -0.1) is 0 Å². The van der Waals surface area contributed by atoms with Gasteiger partial charge in [0.25, 0.3) is 0 Å². The highest BCUT2D eigenvalue weighted by Crippen LogP contribution is 2.23. The van der Waals surface area contributed by atoms with Crippen molar-refractivity contribution in [1.82, 2.24) is 10.2 Å². The van der Waals surface area contributed by atoms with Gasteiger partial charge in [-0.25, -0.2) is 4.79 Å². The number of urea groups is 1. The third kappa shape index (κ3) is 4.03. The van der Waals surface area contributed by atoms with E-state index in [2.05, 4.69) is 16.7 Å². The van der Waals surface area contributed by atoms with Gasteiger partial charge in [0.05, 0.1) is 0 Å². The van der Waals surface area contributed by atoms with E-state index in [0.717, 1.165) is 37.1 Å². The van der Waals surface area contributed by atoms with Gasteiger partial charge in [0, 0.05) is 31.7 Å². The fraction of sp³-hybridized carbons (Fsp3) is 0.556. The van der Waals surface area contributed by atoms with E-state index in [9.17, 15) is 9.59 Å². The van der Waals surface area contributed by atoms with Crippen LogP contribution in [0.5, 0.6) is 0 Å². The standard InChI is InChI=1S/C18H25N3O2/c1-13(22)21-10-9-14-7-8-17(11-15(14)12-21)20-18(23)19-16-5-3-2-4-6-16/h7-8,11,16H,2-6,9-10,12H2,1H3,(H2,19,20,23). The van der Waals surface area contributed by atoms with Gasteiger partial charge in [-0.3, -0.25) is 4.79 Å². The van der Waals surface area contributed by atoms with Crippen molar-refractivity contribution < 1.29 is 9.59 Å². The number of carbonyl (C=O) groups is 2. The van der Waals surface area contributed by atoms with E-state index < -0.39 is 0 Å². The molecule has 1 saturated carbocycles. The Balaban J connectivity index is 1.61. The van der Waals surface area contributed by atoms with E-state index in [0.29, 0.717) is 12.6 Å². The Morgan fingerprint density at radius 1 is 1.13 bits per heavy atom. The molecule has 124 valence electrons. The molecule has 3 amide bonds. The Labute approximate surface area is 137 Å². The maximum Gasteiger partial charge on any atom is 0.319 e. The van der Waals surface area contributed by atoms with Crippen LogP contribution in [0.4, 0.5) is 10.5 Å². The highest BCUT2D eigenvalue weighted by molar-refractivity contribution is 5.89. The SMILES string of the molecule is CC(=O)N1CCc2ccc(NC(=O)NC3CCCCC3)cc2C1. The maximum absolute atomic E-state index is 12.1. The number of fused-ring (bicyclic) bond motifs is 1. The van der Waals surface area contributed by atoms with Crippen LogP contribution < -0.4 is 10.6 Å². The van der Waals surface area contributed by atoms with Crippen LogP contribution in [-0.2, 0) is 17.8 Å². The number of hydrogen-bond acceptors (Lipinski definition) is 2. The zero-order valence-electron chi connectivity index (χ0n) is 13.7. The molecule has 0 spiro atoms. The number of amides is 3. The predicted octanol–water partition coefficient (Wildman–Crippen LogP) is 3.05. The van der Waals surface area contributed by atoms with Crippen LogP contribution in [0.1, 0.15) is 50.2 Å². The summed E-state index contributed by atoms with van der Waals surface area (Å²) in [5.41, 5.74) is 3.19. The summed E-state index contributed by atoms with van der Waals surface area (Å²) < 4.78 is 0. The lowest BCUT2D eigenvalue weighted by Crippen LogP contribution is -2.39. The monoisotopic (exact) mass is 315 g/mol. The summed E-state index contributed by atoms with van der Waals surface area (Å²) in [6, 6.07) is 6.17. The molecule has 1 heterocycles. The first-order chi connectivity index (χ1) is 11.1. The Morgan fingerprint density at radius 3 is 2.65 bits per heavy atom. The molecule has 1 fully saturated rings. The molecule has 23 heavy (non-hydrogen) atoms. The van der Waals surface area contributed by atoms with Gasteiger partial charge in [0.1, 0.15) is 0 Å². The summed E-state index contributed by atoms with van der Waals surface area (Å²) >= 11 is 0. The summed E-state index contributed by atoms with van der Waals surface area (Å²) in [5, 5.41) is 5.99. The van der Waals surface area contributed by atoms with Crippen molar-refractivity contribution in [2.24, 2.45) is 0 Å². The van der Waals surface area contributed by atoms with Crippen LogP contribution in [0.2, 0.25) is 0 Å². The zero-order valence-corrected chi connectivity index (χ0v) is 13.7. The minimum atomic E-state index is -0.129. The smallest absolute Gasteiger partial charge is 0.319 e. The molecule has 1 aromatic rings. The first kappa shape index (κ1) is 15.8. The first-order valence-electron chi connectivity index (χ1n) is 8.56. The minimum absolute atomic E-state index is 0.101. The Bertz CT molecular complexity index is 594. The van der Waals surface area contributed by atoms with Gasteiger partial charge in [-0.2, -0.15) is 0 Å². The summed E-state index contributed by atoms with van der Waals surface area (Å²) in [5.74, 6) is 0.101. The molecule has 2 N–H and O–H groups in total. The summed E-state index contributed by atoms with van der Waals surface area (Å²) in [6.45, 7) is 3.01. The van der Waals surface area contributed by atoms with Crippen LogP contribution in [0.3, 0.4) is 0 Å². The molecule has 1 aliphatic carbocycles. The topological polar surface area (TPSA) is 61.4 Å². The van der Waals surface area contributed by atoms with E-state index in [-0.39, 0.29) is 11.9 Å². The van der Waals surface area contributed by atoms with Crippen molar-refractivity contribution in [3.8, 4) is 0 Å². The second-order valence-electron chi connectivity index (χ2n) is 6.61. The third-order valence-electron chi connectivity index (χ3n) is 4.86. The molecule has 5 nitrogen and oxygen atoms in total. The van der Waals surface area contributed by atoms with Gasteiger partial charge in [-0.05, 0) is 42.5 Å². The Hall–Kier alpha value is -2.04. The average molecular weight is 315 g/mol. The van der Waals surface area contributed by atoms with Crippen molar-refractivity contribution in [2.75, 3.05) is 11.9 Å². The van der Waals surface area contributed by atoms with Crippen LogP contribution in [-0.4, -0.2) is 29.4 Å². The van der Waals surface area contributed by atoms with Crippen LogP contribution in [0, 0.1) is 0 Å². The highest BCUT2D eigenvalue weighted by atomic mass is 16.2. The molecule has 1 aromatic carbocycles. The fourth-order valence-corrected chi connectivity index (χ4v) is 3.50. The lowest BCUT2D eigenvalue weighted by molar-refractivity contribution is -0.129. The maximum atomic E-state index is 12.1. The van der Waals surface area contributed by atoms with Crippen LogP contribution in [0.15, 0.2) is 18.2 Å². The molecular weight excluding hydrogens is 290 g/mol. The van der Waals surface area contributed by atoms with Crippen molar-refractivity contribution in [3.05, 3.63) is 29.3 Å². The van der Waals surface area contributed by atoms with Crippen molar-refractivity contribution >= 4 is 17.6 Å². The second-order valence-corrected chi connectivity index (χ2v) is 6.61. The lowest BCUT2D eigenvalue weighted by atomic mass is 9.96. The second kappa shape index (κ2) is 7.02. The predicted molar refractivity (Wildman–Crippen MR) is 90.3 cm³/mol. The minimum Gasteiger partial charge on any atom is -0.338 e. The van der Waals surface area contributed by atoms with Crippen molar-refractivity contribution in [1.29, 1.82) is 0 Å². The molecular formula is C18H25N3O2. The lowest BCUT2D eigenvalue weighted by Gasteiger charge is -2.28. The van der Waals surface area contributed by atoms with Crippen molar-refractivity contribution in [2.45, 2.75) is 58.0 Å². The molecule has 5 heteroatoms. The summed E-state index contributed by atoms with van der Waals surface area (Å²) in [4.78, 5) is 25.5. The van der Waals surface area contributed by atoms with Gasteiger partial charge < -0.3 is 15.5 Å². The van der Waals surface area contributed by atoms with E-state index in [1.807, 2.05) is 17.0 Å². The summed E-state index contributed by atoms with van der Waals surface area (Å²) in [6.07, 6.45) is 6.70. The molecule has 0 bridgehead atoms. The van der Waals surface area contributed by atoms with Crippen molar-refractivity contribution in [3.63, 3.8) is 0 Å². The number of benzene rings is 1. The molecule has 0 radical (unpaired) electrons. The quantitative estimate of drug-likeness (QED) is 0.881. The van der Waals surface area contributed by atoms with Gasteiger partial charge >= 0.3 is 6.03 Å². The molecule has 0 atom stereocenters. The number of nitrogens with zero attached hydrogens (tertiary/aromatic N) is 1. The largest absolute Gasteiger partial charge is 0.338 e. The number of rotatable bonds is 2. The molecule has 0 aromatic heterocycles. The fourth-order valence-electron chi connectivity index (χ4n) is 3.50. The average Bonchev–Trinajstić information content (AvgIpc) is 2.55. The number of carbonyl (C=O) groups excluding carboxylic acids is 2. The highest BCUT2D eigenvalue weighted by Gasteiger charge is 2.19. The third-order valence-corrected chi connectivity index (χ3v) is 4.86. The molecule has 1 aliphatic heterocycles. The molecule has 0 saturated heterocycles. The summed E-state index contributed by atoms with van der Waals surface area (Å²) in [7, 11) is 0. The van der Waals surface area contributed by atoms with E-state index in [4.69, 9.17) is 0 Å². The number of nitrogens with one attached hydrogen (secondary N) is 2. The Kier molecular flexibility index (Phi) is 4.84. The van der Waals surface area contributed by atoms with Gasteiger partial charge in [0.15, 0.2) is 0 Å². The van der Waals surface area contributed by atoms with Gasteiger partial charge in [-0.1, -0.05) is 25.3 Å².